The van der Waals surface area contributed by atoms with Crippen LogP contribution in [0.5, 0.6) is 0 Å². The summed E-state index contributed by atoms with van der Waals surface area (Å²) in [5.41, 5.74) is 6.80. The standard InChI is InChI=1S/C47H27N3OS/c1-2-11-29(12-3-1)38-27-40-35-22-20-33(26-41(35)51-44(40)37-16-7-6-14-34(37)38)47-49-45(31-19-18-28-10-4-5-13-30(28)24-31)48-46(50-47)32-21-23-43-39(25-32)36-15-8-9-17-42(36)52-43/h1-27H. The van der Waals surface area contributed by atoms with E-state index in [1.165, 1.54) is 36.7 Å². The second kappa shape index (κ2) is 11.4. The van der Waals surface area contributed by atoms with Crippen molar-refractivity contribution in [3.05, 3.63) is 164 Å². The van der Waals surface area contributed by atoms with E-state index in [1.54, 1.807) is 11.3 Å². The maximum atomic E-state index is 6.71. The van der Waals surface area contributed by atoms with Crippen LogP contribution in [-0.4, -0.2) is 15.0 Å². The van der Waals surface area contributed by atoms with E-state index in [2.05, 4.69) is 164 Å². The second-order valence-electron chi connectivity index (χ2n) is 13.2. The molecule has 0 aliphatic rings. The minimum absolute atomic E-state index is 0.598. The third kappa shape index (κ3) is 4.64. The van der Waals surface area contributed by atoms with Gasteiger partial charge < -0.3 is 4.42 Å². The summed E-state index contributed by atoms with van der Waals surface area (Å²) in [5.74, 6) is 1.86. The van der Waals surface area contributed by atoms with Gasteiger partial charge in [-0.2, -0.15) is 0 Å². The topological polar surface area (TPSA) is 51.8 Å². The van der Waals surface area contributed by atoms with Crippen molar-refractivity contribution in [2.75, 3.05) is 0 Å². The molecule has 242 valence electrons. The van der Waals surface area contributed by atoms with Gasteiger partial charge in [0.2, 0.25) is 0 Å². The molecule has 0 N–H and O–H groups in total. The zero-order chi connectivity index (χ0) is 34.2. The molecular weight excluding hydrogens is 655 g/mol. The average molecular weight is 682 g/mol. The highest BCUT2D eigenvalue weighted by Crippen LogP contribution is 2.41. The average Bonchev–Trinajstić information content (AvgIpc) is 3.78. The lowest BCUT2D eigenvalue weighted by molar-refractivity contribution is 0.673. The van der Waals surface area contributed by atoms with Gasteiger partial charge in [-0.05, 0) is 75.8 Å². The van der Waals surface area contributed by atoms with Crippen LogP contribution in [0, 0.1) is 0 Å². The van der Waals surface area contributed by atoms with Crippen molar-refractivity contribution in [2.45, 2.75) is 0 Å². The fourth-order valence-corrected chi connectivity index (χ4v) is 8.64. The lowest BCUT2D eigenvalue weighted by Gasteiger charge is -2.09. The molecule has 0 fully saturated rings. The third-order valence-electron chi connectivity index (χ3n) is 10.1. The predicted octanol–water partition coefficient (Wildman–Crippen LogP) is 13.1. The SMILES string of the molecule is c1ccc(-c2cc3c4ccc(-c5nc(-c6ccc7ccccc7c6)nc(-c6ccc7sc8ccccc8c7c6)n5)cc4oc3c3ccccc23)cc1. The number of nitrogens with zero attached hydrogens (tertiary/aromatic N) is 3. The Morgan fingerprint density at radius 3 is 1.81 bits per heavy atom. The van der Waals surface area contributed by atoms with Crippen LogP contribution in [0.2, 0.25) is 0 Å². The van der Waals surface area contributed by atoms with Gasteiger partial charge in [0, 0.05) is 53.0 Å². The van der Waals surface area contributed by atoms with Crippen molar-refractivity contribution in [3.63, 3.8) is 0 Å². The van der Waals surface area contributed by atoms with Crippen LogP contribution in [0.4, 0.5) is 0 Å². The molecule has 11 aromatic rings. The Balaban J connectivity index is 1.12. The Morgan fingerprint density at radius 1 is 0.365 bits per heavy atom. The number of aromatic nitrogens is 3. The number of furan rings is 1. The minimum atomic E-state index is 0.598. The smallest absolute Gasteiger partial charge is 0.164 e. The Kier molecular flexibility index (Phi) is 6.39. The quantitative estimate of drug-likeness (QED) is 0.185. The molecule has 0 saturated carbocycles. The first-order valence-electron chi connectivity index (χ1n) is 17.3. The van der Waals surface area contributed by atoms with E-state index in [-0.39, 0.29) is 0 Å². The van der Waals surface area contributed by atoms with E-state index in [9.17, 15) is 0 Å². The van der Waals surface area contributed by atoms with Gasteiger partial charge >= 0.3 is 0 Å². The summed E-state index contributed by atoms with van der Waals surface area (Å²) in [4.78, 5) is 15.4. The summed E-state index contributed by atoms with van der Waals surface area (Å²) in [6, 6.07) is 57.5. The highest BCUT2D eigenvalue weighted by molar-refractivity contribution is 7.25. The number of hydrogen-bond acceptors (Lipinski definition) is 5. The highest BCUT2D eigenvalue weighted by atomic mass is 32.1. The molecule has 3 aromatic heterocycles. The number of fused-ring (bicyclic) bond motifs is 9. The van der Waals surface area contributed by atoms with E-state index < -0.39 is 0 Å². The summed E-state index contributed by atoms with van der Waals surface area (Å²) < 4.78 is 9.22. The summed E-state index contributed by atoms with van der Waals surface area (Å²) in [6.45, 7) is 0. The van der Waals surface area contributed by atoms with E-state index >= 15 is 0 Å². The molecule has 0 aliphatic heterocycles. The fraction of sp³-hybridized carbons (Fsp3) is 0. The van der Waals surface area contributed by atoms with Gasteiger partial charge in [0.05, 0.1) is 0 Å². The van der Waals surface area contributed by atoms with Crippen molar-refractivity contribution in [1.29, 1.82) is 0 Å². The van der Waals surface area contributed by atoms with Crippen LogP contribution in [0.25, 0.3) is 109 Å². The van der Waals surface area contributed by atoms with Crippen molar-refractivity contribution < 1.29 is 4.42 Å². The molecule has 0 saturated heterocycles. The van der Waals surface area contributed by atoms with E-state index in [0.29, 0.717) is 17.5 Å². The number of benzene rings is 8. The largest absolute Gasteiger partial charge is 0.455 e. The maximum absolute atomic E-state index is 6.71. The molecule has 5 heteroatoms. The zero-order valence-corrected chi connectivity index (χ0v) is 28.6. The molecule has 8 aromatic carbocycles. The van der Waals surface area contributed by atoms with Crippen LogP contribution in [0.3, 0.4) is 0 Å². The van der Waals surface area contributed by atoms with E-state index in [0.717, 1.165) is 54.8 Å². The van der Waals surface area contributed by atoms with Gasteiger partial charge in [0.25, 0.3) is 0 Å². The van der Waals surface area contributed by atoms with Gasteiger partial charge in [-0.3, -0.25) is 0 Å². The van der Waals surface area contributed by atoms with E-state index in [4.69, 9.17) is 19.4 Å². The van der Waals surface area contributed by atoms with Crippen molar-refractivity contribution in [1.82, 2.24) is 15.0 Å². The van der Waals surface area contributed by atoms with Crippen molar-refractivity contribution in [2.24, 2.45) is 0 Å². The van der Waals surface area contributed by atoms with Gasteiger partial charge in [-0.25, -0.2) is 15.0 Å². The first kappa shape index (κ1) is 29.1. The lowest BCUT2D eigenvalue weighted by Crippen LogP contribution is -2.00. The van der Waals surface area contributed by atoms with Crippen LogP contribution in [0.15, 0.2) is 168 Å². The molecule has 52 heavy (non-hydrogen) atoms. The summed E-state index contributed by atoms with van der Waals surface area (Å²) in [6.07, 6.45) is 0. The molecule has 3 heterocycles. The zero-order valence-electron chi connectivity index (χ0n) is 27.7. The molecule has 0 radical (unpaired) electrons. The molecule has 0 aliphatic carbocycles. The van der Waals surface area contributed by atoms with Gasteiger partial charge in [0.1, 0.15) is 11.2 Å². The van der Waals surface area contributed by atoms with Gasteiger partial charge in [-0.15, -0.1) is 11.3 Å². The molecule has 0 bridgehead atoms. The van der Waals surface area contributed by atoms with Crippen molar-refractivity contribution >= 4 is 75.0 Å². The molecule has 4 nitrogen and oxygen atoms in total. The molecule has 0 amide bonds. The number of rotatable bonds is 4. The molecule has 0 atom stereocenters. The van der Waals surface area contributed by atoms with Crippen LogP contribution in [-0.2, 0) is 0 Å². The normalized spacial score (nSPS) is 11.8. The molecule has 11 rings (SSSR count). The Labute approximate surface area is 302 Å². The molecule has 0 unspecified atom stereocenters. The third-order valence-corrected chi connectivity index (χ3v) is 11.3. The second-order valence-corrected chi connectivity index (χ2v) is 14.3. The first-order chi connectivity index (χ1) is 25.7. The Morgan fingerprint density at radius 2 is 0.981 bits per heavy atom. The van der Waals surface area contributed by atoms with Crippen LogP contribution < -0.4 is 0 Å². The Bertz CT molecular complexity index is 3200. The molecular formula is C47H27N3OS. The number of hydrogen-bond donors (Lipinski definition) is 0. The lowest BCUT2D eigenvalue weighted by atomic mass is 9.95. The summed E-state index contributed by atoms with van der Waals surface area (Å²) >= 11 is 1.81. The summed E-state index contributed by atoms with van der Waals surface area (Å²) in [5, 5.41) is 9.16. The van der Waals surface area contributed by atoms with Crippen molar-refractivity contribution in [3.8, 4) is 45.3 Å². The molecule has 0 spiro atoms. The maximum Gasteiger partial charge on any atom is 0.164 e. The summed E-state index contributed by atoms with van der Waals surface area (Å²) in [7, 11) is 0. The first-order valence-corrected chi connectivity index (χ1v) is 18.2. The van der Waals surface area contributed by atoms with Crippen LogP contribution in [0.1, 0.15) is 0 Å². The Hall–Kier alpha value is -6.69. The highest BCUT2D eigenvalue weighted by Gasteiger charge is 2.18. The minimum Gasteiger partial charge on any atom is -0.455 e. The monoisotopic (exact) mass is 681 g/mol. The predicted molar refractivity (Wildman–Crippen MR) is 217 cm³/mol. The fourth-order valence-electron chi connectivity index (χ4n) is 7.55. The van der Waals surface area contributed by atoms with Gasteiger partial charge in [-0.1, -0.05) is 115 Å². The van der Waals surface area contributed by atoms with E-state index in [1.807, 2.05) is 0 Å². The van der Waals surface area contributed by atoms with Gasteiger partial charge in [0.15, 0.2) is 17.5 Å². The number of thiophene rings is 1. The van der Waals surface area contributed by atoms with Crippen LogP contribution >= 0.6 is 11.3 Å².